The molecule has 2 aromatic rings. The molecule has 1 aromatic heterocycles. The van der Waals surface area contributed by atoms with Crippen molar-refractivity contribution >= 4 is 22.9 Å². The minimum Gasteiger partial charge on any atom is -0.498 e. The monoisotopic (exact) mass is 225 g/mol. The van der Waals surface area contributed by atoms with Gasteiger partial charge in [-0.15, -0.1) is 0 Å². The molecule has 0 bridgehead atoms. The summed E-state index contributed by atoms with van der Waals surface area (Å²) >= 11 is 7.04. The molecule has 4 heteroatoms. The number of aromatic hydroxyl groups is 1. The smallest absolute Gasteiger partial charge is 0.195 e. The Bertz CT molecular complexity index is 430. The molecule has 0 spiro atoms. The molecular formula is C10H8ClNOS. The van der Waals surface area contributed by atoms with Gasteiger partial charge in [0.05, 0.1) is 5.69 Å². The molecule has 0 saturated heterocycles. The predicted molar refractivity (Wildman–Crippen MR) is 59.0 cm³/mol. The van der Waals surface area contributed by atoms with E-state index >= 15 is 0 Å². The third-order valence-electron chi connectivity index (χ3n) is 1.86. The zero-order chi connectivity index (χ0) is 10.1. The minimum absolute atomic E-state index is 0.273. The summed E-state index contributed by atoms with van der Waals surface area (Å²) in [5.74, 6) is 0. The van der Waals surface area contributed by atoms with E-state index in [1.807, 2.05) is 24.3 Å². The quantitative estimate of drug-likeness (QED) is 0.806. The Kier molecular flexibility index (Phi) is 2.44. The summed E-state index contributed by atoms with van der Waals surface area (Å²) in [6.07, 6.45) is 0. The van der Waals surface area contributed by atoms with Crippen LogP contribution in [-0.4, -0.2) is 10.1 Å². The summed E-state index contributed by atoms with van der Waals surface area (Å²) in [5.41, 5.74) is 1.64. The van der Waals surface area contributed by atoms with E-state index in [2.05, 4.69) is 4.98 Å². The van der Waals surface area contributed by atoms with Gasteiger partial charge in [0.2, 0.25) is 0 Å². The Morgan fingerprint density at radius 1 is 1.29 bits per heavy atom. The van der Waals surface area contributed by atoms with E-state index in [1.54, 1.807) is 6.92 Å². The van der Waals surface area contributed by atoms with Crippen LogP contribution in [0.5, 0.6) is 5.06 Å². The molecule has 14 heavy (non-hydrogen) atoms. The van der Waals surface area contributed by atoms with Crippen LogP contribution < -0.4 is 0 Å². The van der Waals surface area contributed by atoms with Crippen LogP contribution in [0.4, 0.5) is 0 Å². The standard InChI is InChI=1S/C10H8ClNOS/c1-6-10(13)14-9(12-6)7-2-4-8(11)5-3-7/h2-5,13H,1H3. The molecule has 0 fully saturated rings. The molecule has 0 aliphatic carbocycles. The number of thiazole rings is 1. The fraction of sp³-hybridized carbons (Fsp3) is 0.100. The van der Waals surface area contributed by atoms with Crippen LogP contribution in [0.3, 0.4) is 0 Å². The van der Waals surface area contributed by atoms with Crippen molar-refractivity contribution in [2.75, 3.05) is 0 Å². The Morgan fingerprint density at radius 3 is 2.43 bits per heavy atom. The van der Waals surface area contributed by atoms with Gasteiger partial charge in [-0.1, -0.05) is 35.1 Å². The second kappa shape index (κ2) is 3.59. The molecule has 0 aliphatic heterocycles. The van der Waals surface area contributed by atoms with Gasteiger partial charge in [0.15, 0.2) is 5.06 Å². The lowest BCUT2D eigenvalue weighted by molar-refractivity contribution is 0.485. The summed E-state index contributed by atoms with van der Waals surface area (Å²) in [5, 5.41) is 11.2. The van der Waals surface area contributed by atoms with Gasteiger partial charge in [-0.2, -0.15) is 0 Å². The minimum atomic E-state index is 0.273. The maximum atomic E-state index is 9.39. The molecule has 1 N–H and O–H groups in total. The van der Waals surface area contributed by atoms with Gasteiger partial charge >= 0.3 is 0 Å². The summed E-state index contributed by atoms with van der Waals surface area (Å²) < 4.78 is 0. The van der Waals surface area contributed by atoms with Crippen LogP contribution in [0.2, 0.25) is 5.02 Å². The lowest BCUT2D eigenvalue weighted by Crippen LogP contribution is -1.76. The molecule has 0 radical (unpaired) electrons. The molecule has 2 nitrogen and oxygen atoms in total. The number of halogens is 1. The fourth-order valence-electron chi connectivity index (χ4n) is 1.10. The highest BCUT2D eigenvalue weighted by Gasteiger charge is 2.07. The van der Waals surface area contributed by atoms with Crippen molar-refractivity contribution in [3.05, 3.63) is 35.0 Å². The van der Waals surface area contributed by atoms with Crippen LogP contribution in [0.15, 0.2) is 24.3 Å². The first-order valence-electron chi connectivity index (χ1n) is 4.09. The summed E-state index contributed by atoms with van der Waals surface area (Å²) in [7, 11) is 0. The first kappa shape index (κ1) is 9.49. The normalized spacial score (nSPS) is 10.4. The van der Waals surface area contributed by atoms with Gasteiger partial charge in [0.25, 0.3) is 0 Å². The van der Waals surface area contributed by atoms with Crippen LogP contribution in [0, 0.1) is 6.92 Å². The Morgan fingerprint density at radius 2 is 1.93 bits per heavy atom. The van der Waals surface area contributed by atoms with Crippen molar-refractivity contribution in [1.82, 2.24) is 4.98 Å². The highest BCUT2D eigenvalue weighted by atomic mass is 35.5. The number of hydrogen-bond acceptors (Lipinski definition) is 3. The van der Waals surface area contributed by atoms with Crippen molar-refractivity contribution in [3.8, 4) is 15.6 Å². The molecule has 1 aromatic carbocycles. The van der Waals surface area contributed by atoms with Crippen LogP contribution >= 0.6 is 22.9 Å². The SMILES string of the molecule is Cc1nc(-c2ccc(Cl)cc2)sc1O. The highest BCUT2D eigenvalue weighted by Crippen LogP contribution is 2.32. The lowest BCUT2D eigenvalue weighted by atomic mass is 10.2. The van der Waals surface area contributed by atoms with Gasteiger partial charge in [-0.05, 0) is 19.1 Å². The van der Waals surface area contributed by atoms with Crippen molar-refractivity contribution in [3.63, 3.8) is 0 Å². The summed E-state index contributed by atoms with van der Waals surface area (Å²) in [4.78, 5) is 4.24. The molecule has 1 heterocycles. The Hall–Kier alpha value is -1.06. The third kappa shape index (κ3) is 1.74. The first-order chi connectivity index (χ1) is 6.66. The molecule has 0 aliphatic rings. The highest BCUT2D eigenvalue weighted by molar-refractivity contribution is 7.16. The number of aromatic nitrogens is 1. The third-order valence-corrected chi connectivity index (χ3v) is 3.12. The maximum Gasteiger partial charge on any atom is 0.195 e. The van der Waals surface area contributed by atoms with Gasteiger partial charge < -0.3 is 5.11 Å². The van der Waals surface area contributed by atoms with E-state index in [0.717, 1.165) is 10.6 Å². The molecule has 0 saturated carbocycles. The van der Waals surface area contributed by atoms with E-state index in [9.17, 15) is 5.11 Å². The van der Waals surface area contributed by atoms with Crippen molar-refractivity contribution < 1.29 is 5.11 Å². The molecule has 0 atom stereocenters. The fourth-order valence-corrected chi connectivity index (χ4v) is 2.04. The molecule has 72 valence electrons. The van der Waals surface area contributed by atoms with E-state index in [1.165, 1.54) is 11.3 Å². The van der Waals surface area contributed by atoms with Gasteiger partial charge in [0.1, 0.15) is 5.01 Å². The lowest BCUT2D eigenvalue weighted by Gasteiger charge is -1.94. The Balaban J connectivity index is 2.44. The zero-order valence-electron chi connectivity index (χ0n) is 7.49. The van der Waals surface area contributed by atoms with E-state index in [4.69, 9.17) is 11.6 Å². The number of rotatable bonds is 1. The zero-order valence-corrected chi connectivity index (χ0v) is 9.06. The van der Waals surface area contributed by atoms with Gasteiger partial charge in [-0.25, -0.2) is 4.98 Å². The molecule has 0 amide bonds. The van der Waals surface area contributed by atoms with E-state index < -0.39 is 0 Å². The summed E-state index contributed by atoms with van der Waals surface area (Å²) in [6.45, 7) is 1.78. The van der Waals surface area contributed by atoms with Crippen molar-refractivity contribution in [1.29, 1.82) is 0 Å². The topological polar surface area (TPSA) is 33.1 Å². The first-order valence-corrected chi connectivity index (χ1v) is 5.28. The van der Waals surface area contributed by atoms with Gasteiger partial charge in [-0.3, -0.25) is 0 Å². The largest absolute Gasteiger partial charge is 0.498 e. The average Bonchev–Trinajstić information content (AvgIpc) is 2.48. The number of aryl methyl sites for hydroxylation is 1. The molecular weight excluding hydrogens is 218 g/mol. The van der Waals surface area contributed by atoms with Gasteiger partial charge in [0, 0.05) is 10.6 Å². The van der Waals surface area contributed by atoms with E-state index in [-0.39, 0.29) is 5.06 Å². The van der Waals surface area contributed by atoms with Crippen LogP contribution in [0.25, 0.3) is 10.6 Å². The molecule has 0 unspecified atom stereocenters. The maximum absolute atomic E-state index is 9.39. The van der Waals surface area contributed by atoms with E-state index in [0.29, 0.717) is 10.7 Å². The second-order valence-electron chi connectivity index (χ2n) is 2.92. The number of nitrogens with zero attached hydrogens (tertiary/aromatic N) is 1. The van der Waals surface area contributed by atoms with Crippen LogP contribution in [0.1, 0.15) is 5.69 Å². The summed E-state index contributed by atoms with van der Waals surface area (Å²) in [6, 6.07) is 7.40. The average molecular weight is 226 g/mol. The molecule has 2 rings (SSSR count). The number of benzene rings is 1. The van der Waals surface area contributed by atoms with Crippen molar-refractivity contribution in [2.24, 2.45) is 0 Å². The number of hydrogen-bond donors (Lipinski definition) is 1. The second-order valence-corrected chi connectivity index (χ2v) is 4.33. The van der Waals surface area contributed by atoms with Crippen LogP contribution in [-0.2, 0) is 0 Å². The Labute approximate surface area is 90.8 Å². The predicted octanol–water partition coefficient (Wildman–Crippen LogP) is 3.48. The van der Waals surface area contributed by atoms with Crippen molar-refractivity contribution in [2.45, 2.75) is 6.92 Å².